The average Bonchev–Trinajstić information content (AvgIpc) is 3.14. The summed E-state index contributed by atoms with van der Waals surface area (Å²) in [6.45, 7) is 2.11. The molecule has 1 saturated heterocycles. The van der Waals surface area contributed by atoms with Crippen LogP contribution < -0.4 is 24.8 Å². The Hall–Kier alpha value is -3.14. The highest BCUT2D eigenvalue weighted by molar-refractivity contribution is 5.92. The Kier molecular flexibility index (Phi) is 3.16. The van der Waals surface area contributed by atoms with Gasteiger partial charge < -0.3 is 24.8 Å². The van der Waals surface area contributed by atoms with Crippen LogP contribution in [0.1, 0.15) is 30.0 Å². The third-order valence-electron chi connectivity index (χ3n) is 5.50. The third-order valence-corrected chi connectivity index (χ3v) is 5.50. The molecule has 0 atom stereocenters. The van der Waals surface area contributed by atoms with Gasteiger partial charge in [-0.1, -0.05) is 0 Å². The predicted octanol–water partition coefficient (Wildman–Crippen LogP) is 2.64. The van der Waals surface area contributed by atoms with Crippen LogP contribution in [0.5, 0.6) is 17.2 Å². The van der Waals surface area contributed by atoms with E-state index in [0.29, 0.717) is 28.7 Å². The lowest BCUT2D eigenvalue weighted by atomic mass is 9.82. The van der Waals surface area contributed by atoms with Gasteiger partial charge in [0.15, 0.2) is 11.5 Å². The predicted molar refractivity (Wildman–Crippen MR) is 95.7 cm³/mol. The van der Waals surface area contributed by atoms with E-state index in [0.717, 1.165) is 48.4 Å². The van der Waals surface area contributed by atoms with Gasteiger partial charge in [-0.3, -0.25) is 0 Å². The number of ether oxygens (including phenoxy) is 3. The van der Waals surface area contributed by atoms with E-state index in [4.69, 9.17) is 19.9 Å². The van der Waals surface area contributed by atoms with Crippen molar-refractivity contribution in [2.75, 3.05) is 37.6 Å². The SMILES string of the molecule is COc1cc2c(cc1-c1c(C#N)c(N)nc3c1N1CCC3CC1)OCO2. The summed E-state index contributed by atoms with van der Waals surface area (Å²) in [5.41, 5.74) is 10.1. The quantitative estimate of drug-likeness (QED) is 0.890. The van der Waals surface area contributed by atoms with Gasteiger partial charge in [-0.15, -0.1) is 0 Å². The normalized spacial score (nSPS) is 17.2. The maximum atomic E-state index is 9.80. The lowest BCUT2D eigenvalue weighted by Crippen LogP contribution is -2.40. The fourth-order valence-corrected chi connectivity index (χ4v) is 4.26. The van der Waals surface area contributed by atoms with Crippen LogP contribution in [0.2, 0.25) is 0 Å². The fraction of sp³-hybridized carbons (Fsp3) is 0.368. The van der Waals surface area contributed by atoms with E-state index in [1.807, 2.05) is 6.07 Å². The Balaban J connectivity index is 1.84. The van der Waals surface area contributed by atoms with Crippen LogP contribution in [-0.4, -0.2) is 32.0 Å². The van der Waals surface area contributed by atoms with Crippen LogP contribution in [0.3, 0.4) is 0 Å². The molecule has 6 rings (SSSR count). The fourth-order valence-electron chi connectivity index (χ4n) is 4.26. The van der Waals surface area contributed by atoms with Gasteiger partial charge in [0.2, 0.25) is 6.79 Å². The van der Waals surface area contributed by atoms with Crippen molar-refractivity contribution in [3.8, 4) is 34.4 Å². The zero-order valence-corrected chi connectivity index (χ0v) is 14.4. The Bertz CT molecular complexity index is 958. The lowest BCUT2D eigenvalue weighted by Gasteiger charge is -2.43. The summed E-state index contributed by atoms with van der Waals surface area (Å²) >= 11 is 0. The first-order chi connectivity index (χ1) is 12.7. The Labute approximate surface area is 150 Å². The molecule has 4 aliphatic heterocycles. The maximum Gasteiger partial charge on any atom is 0.231 e. The van der Waals surface area contributed by atoms with Crippen LogP contribution in [-0.2, 0) is 0 Å². The van der Waals surface area contributed by atoms with Crippen molar-refractivity contribution in [2.45, 2.75) is 18.8 Å². The number of pyridine rings is 1. The van der Waals surface area contributed by atoms with Gasteiger partial charge in [0, 0.05) is 36.2 Å². The lowest BCUT2D eigenvalue weighted by molar-refractivity contribution is 0.174. The highest BCUT2D eigenvalue weighted by atomic mass is 16.7. The van der Waals surface area contributed by atoms with Gasteiger partial charge in [0.1, 0.15) is 23.2 Å². The monoisotopic (exact) mass is 350 g/mol. The molecule has 2 aromatic rings. The Morgan fingerprint density at radius 2 is 2.00 bits per heavy atom. The van der Waals surface area contributed by atoms with Crippen LogP contribution >= 0.6 is 0 Å². The minimum atomic E-state index is 0.178. The van der Waals surface area contributed by atoms with E-state index < -0.39 is 0 Å². The molecule has 5 heterocycles. The first-order valence-electron chi connectivity index (χ1n) is 8.67. The number of aromatic nitrogens is 1. The molecule has 1 fully saturated rings. The summed E-state index contributed by atoms with van der Waals surface area (Å²) in [6.07, 6.45) is 2.14. The maximum absolute atomic E-state index is 9.80. The number of nitrogens with zero attached hydrogens (tertiary/aromatic N) is 3. The van der Waals surface area contributed by atoms with Crippen molar-refractivity contribution < 1.29 is 14.2 Å². The van der Waals surface area contributed by atoms with Gasteiger partial charge in [0.05, 0.1) is 18.5 Å². The number of anilines is 2. The second kappa shape index (κ2) is 5.43. The van der Waals surface area contributed by atoms with Crippen molar-refractivity contribution in [3.63, 3.8) is 0 Å². The Morgan fingerprint density at radius 3 is 2.69 bits per heavy atom. The molecule has 2 bridgehead atoms. The first-order valence-corrected chi connectivity index (χ1v) is 8.67. The molecule has 0 saturated carbocycles. The molecule has 1 aromatic heterocycles. The molecule has 7 nitrogen and oxygen atoms in total. The van der Waals surface area contributed by atoms with E-state index in [9.17, 15) is 5.26 Å². The smallest absolute Gasteiger partial charge is 0.231 e. The number of fused-ring (bicyclic) bond motifs is 3. The highest BCUT2D eigenvalue weighted by Gasteiger charge is 2.37. The number of methoxy groups -OCH3 is 1. The van der Waals surface area contributed by atoms with Crippen molar-refractivity contribution in [2.24, 2.45) is 0 Å². The van der Waals surface area contributed by atoms with Gasteiger partial charge in [-0.25, -0.2) is 4.98 Å². The number of rotatable bonds is 2. The highest BCUT2D eigenvalue weighted by Crippen LogP contribution is 2.52. The van der Waals surface area contributed by atoms with Gasteiger partial charge >= 0.3 is 0 Å². The number of hydrogen-bond donors (Lipinski definition) is 1. The van der Waals surface area contributed by atoms with Crippen molar-refractivity contribution >= 4 is 11.5 Å². The average molecular weight is 350 g/mol. The topological polar surface area (TPSA) is 93.6 Å². The van der Waals surface area contributed by atoms with Crippen LogP contribution in [0.4, 0.5) is 11.5 Å². The number of hydrogen-bond acceptors (Lipinski definition) is 7. The molecule has 7 heteroatoms. The summed E-state index contributed by atoms with van der Waals surface area (Å²) in [5.74, 6) is 2.58. The number of nitrogens with two attached hydrogens (primary N) is 1. The van der Waals surface area contributed by atoms with Gasteiger partial charge in [0.25, 0.3) is 0 Å². The zero-order valence-electron chi connectivity index (χ0n) is 14.4. The van der Waals surface area contributed by atoms with Gasteiger partial charge in [-0.05, 0) is 18.9 Å². The van der Waals surface area contributed by atoms with Crippen LogP contribution in [0.15, 0.2) is 12.1 Å². The summed E-state index contributed by atoms with van der Waals surface area (Å²) in [4.78, 5) is 6.91. The molecule has 0 aliphatic carbocycles. The van der Waals surface area contributed by atoms with Crippen LogP contribution in [0.25, 0.3) is 11.1 Å². The second-order valence-corrected chi connectivity index (χ2v) is 6.76. The number of nitriles is 1. The molecule has 0 amide bonds. The molecule has 2 N–H and O–H groups in total. The third kappa shape index (κ3) is 1.96. The minimum absolute atomic E-state index is 0.178. The molecular formula is C19H18N4O3. The number of nitrogen functional groups attached to an aromatic ring is 1. The van der Waals surface area contributed by atoms with Gasteiger partial charge in [-0.2, -0.15) is 5.26 Å². The number of benzene rings is 1. The molecule has 1 aromatic carbocycles. The minimum Gasteiger partial charge on any atom is -0.496 e. The van der Waals surface area contributed by atoms with Crippen molar-refractivity contribution in [3.05, 3.63) is 23.4 Å². The summed E-state index contributed by atoms with van der Waals surface area (Å²) in [5, 5.41) is 9.80. The molecule has 26 heavy (non-hydrogen) atoms. The van der Waals surface area contributed by atoms with Crippen molar-refractivity contribution in [1.29, 1.82) is 5.26 Å². The van der Waals surface area contributed by atoms with E-state index in [-0.39, 0.29) is 12.6 Å². The summed E-state index contributed by atoms with van der Waals surface area (Å²) < 4.78 is 16.6. The largest absolute Gasteiger partial charge is 0.496 e. The molecule has 0 spiro atoms. The zero-order chi connectivity index (χ0) is 17.8. The standard InChI is InChI=1S/C19H18N4O3/c1-24-13-7-15-14(25-9-26-15)6-11(13)16-12(8-20)19(21)22-17-10-2-4-23(5-3-10)18(16)17/h6-7,10H,2-5,9H2,1H3,(H2,21,22). The molecule has 4 aliphatic rings. The van der Waals surface area contributed by atoms with E-state index >= 15 is 0 Å². The van der Waals surface area contributed by atoms with Crippen LogP contribution in [0, 0.1) is 11.3 Å². The molecule has 0 unspecified atom stereocenters. The van der Waals surface area contributed by atoms with E-state index in [1.165, 1.54) is 0 Å². The van der Waals surface area contributed by atoms with E-state index in [1.54, 1.807) is 13.2 Å². The molecular weight excluding hydrogens is 332 g/mol. The second-order valence-electron chi connectivity index (χ2n) is 6.76. The summed E-state index contributed by atoms with van der Waals surface area (Å²) in [6, 6.07) is 5.93. The first kappa shape index (κ1) is 15.1. The van der Waals surface area contributed by atoms with Crippen molar-refractivity contribution in [1.82, 2.24) is 4.98 Å². The number of piperidine rings is 1. The van der Waals surface area contributed by atoms with E-state index in [2.05, 4.69) is 16.0 Å². The molecule has 0 radical (unpaired) electrons. The Morgan fingerprint density at radius 1 is 1.27 bits per heavy atom. The summed E-state index contributed by atoms with van der Waals surface area (Å²) in [7, 11) is 1.61. The molecule has 132 valence electrons.